The van der Waals surface area contributed by atoms with E-state index in [-0.39, 0.29) is 0 Å². The molecular formula is C16H27N5. The molecule has 1 aromatic rings. The number of anilines is 1. The molecule has 1 N–H and O–H groups in total. The number of aromatic nitrogens is 2. The first-order valence-corrected chi connectivity index (χ1v) is 8.37. The highest BCUT2D eigenvalue weighted by molar-refractivity contribution is 5.30. The quantitative estimate of drug-likeness (QED) is 0.863. The molecule has 0 radical (unpaired) electrons. The van der Waals surface area contributed by atoms with Crippen LogP contribution in [0.3, 0.4) is 0 Å². The Balaban J connectivity index is 1.45. The van der Waals surface area contributed by atoms with Gasteiger partial charge in [0, 0.05) is 50.2 Å². The highest BCUT2D eigenvalue weighted by Gasteiger charge is 2.22. The topological polar surface area (TPSA) is 44.3 Å². The monoisotopic (exact) mass is 289 g/mol. The standard InChI is InChI=1S/C16H27N5/c1-2-20-9-5-6-15(20)13-17-10-14-11-18-16(19-12-14)21-7-3-4-8-21/h11-12,15,17H,2-10,13H2,1H3/t15-/m1/s1. The zero-order chi connectivity index (χ0) is 14.5. The Morgan fingerprint density at radius 1 is 1.14 bits per heavy atom. The van der Waals surface area contributed by atoms with Crippen LogP contribution in [0.25, 0.3) is 0 Å². The molecule has 2 aliphatic heterocycles. The Kier molecular flexibility index (Phi) is 5.04. The van der Waals surface area contributed by atoms with Gasteiger partial charge in [0.25, 0.3) is 0 Å². The van der Waals surface area contributed by atoms with E-state index in [4.69, 9.17) is 0 Å². The molecule has 3 rings (SSSR count). The number of hydrogen-bond donors (Lipinski definition) is 1. The fraction of sp³-hybridized carbons (Fsp3) is 0.750. The van der Waals surface area contributed by atoms with Crippen molar-refractivity contribution in [3.05, 3.63) is 18.0 Å². The summed E-state index contributed by atoms with van der Waals surface area (Å²) in [6.07, 6.45) is 9.14. The van der Waals surface area contributed by atoms with Gasteiger partial charge in [-0.25, -0.2) is 9.97 Å². The molecule has 0 aliphatic carbocycles. The van der Waals surface area contributed by atoms with Crippen molar-refractivity contribution < 1.29 is 0 Å². The maximum atomic E-state index is 4.51. The largest absolute Gasteiger partial charge is 0.341 e. The van der Waals surface area contributed by atoms with E-state index >= 15 is 0 Å². The minimum absolute atomic E-state index is 0.708. The third-order valence-corrected chi connectivity index (χ3v) is 4.69. The number of nitrogens with one attached hydrogen (secondary N) is 1. The molecule has 2 saturated heterocycles. The number of rotatable bonds is 6. The molecule has 0 amide bonds. The van der Waals surface area contributed by atoms with Crippen molar-refractivity contribution in [1.82, 2.24) is 20.2 Å². The summed E-state index contributed by atoms with van der Waals surface area (Å²) in [6, 6.07) is 0.708. The molecule has 5 heteroatoms. The second kappa shape index (κ2) is 7.18. The maximum absolute atomic E-state index is 4.51. The smallest absolute Gasteiger partial charge is 0.225 e. The van der Waals surface area contributed by atoms with Crippen LogP contribution in [0.5, 0.6) is 0 Å². The molecule has 3 heterocycles. The second-order valence-electron chi connectivity index (χ2n) is 6.14. The van der Waals surface area contributed by atoms with E-state index in [9.17, 15) is 0 Å². The van der Waals surface area contributed by atoms with Gasteiger partial charge in [-0.2, -0.15) is 0 Å². The minimum atomic E-state index is 0.708. The number of likely N-dealkylation sites (tertiary alicyclic amines) is 1. The second-order valence-corrected chi connectivity index (χ2v) is 6.14. The van der Waals surface area contributed by atoms with Crippen molar-refractivity contribution in [3.8, 4) is 0 Å². The van der Waals surface area contributed by atoms with E-state index in [0.29, 0.717) is 6.04 Å². The molecule has 2 fully saturated rings. The van der Waals surface area contributed by atoms with E-state index in [1.807, 2.05) is 12.4 Å². The van der Waals surface area contributed by atoms with E-state index in [0.717, 1.165) is 32.1 Å². The fourth-order valence-corrected chi connectivity index (χ4v) is 3.45. The van der Waals surface area contributed by atoms with Gasteiger partial charge in [-0.15, -0.1) is 0 Å². The van der Waals surface area contributed by atoms with Crippen molar-refractivity contribution in [2.75, 3.05) is 37.6 Å². The molecule has 0 bridgehead atoms. The molecule has 116 valence electrons. The zero-order valence-electron chi connectivity index (χ0n) is 13.1. The normalized spacial score (nSPS) is 23.1. The van der Waals surface area contributed by atoms with Crippen LogP contribution in [0.2, 0.25) is 0 Å². The van der Waals surface area contributed by atoms with Crippen molar-refractivity contribution in [1.29, 1.82) is 0 Å². The number of likely N-dealkylation sites (N-methyl/N-ethyl adjacent to an activating group) is 1. The molecule has 0 spiro atoms. The van der Waals surface area contributed by atoms with E-state index in [2.05, 4.69) is 32.0 Å². The molecule has 2 aliphatic rings. The summed E-state index contributed by atoms with van der Waals surface area (Å²) in [4.78, 5) is 13.9. The van der Waals surface area contributed by atoms with Crippen LogP contribution < -0.4 is 10.2 Å². The lowest BCUT2D eigenvalue weighted by Gasteiger charge is -2.23. The van der Waals surface area contributed by atoms with Gasteiger partial charge in [-0.1, -0.05) is 6.92 Å². The molecule has 0 unspecified atom stereocenters. The first kappa shape index (κ1) is 14.7. The average molecular weight is 289 g/mol. The van der Waals surface area contributed by atoms with Crippen LogP contribution in [0.4, 0.5) is 5.95 Å². The Morgan fingerprint density at radius 3 is 2.62 bits per heavy atom. The van der Waals surface area contributed by atoms with Crippen LogP contribution in [0.1, 0.15) is 38.2 Å². The average Bonchev–Trinajstić information content (AvgIpc) is 3.19. The van der Waals surface area contributed by atoms with Crippen LogP contribution >= 0.6 is 0 Å². The minimum Gasteiger partial charge on any atom is -0.341 e. The lowest BCUT2D eigenvalue weighted by Crippen LogP contribution is -2.37. The first-order chi connectivity index (χ1) is 10.4. The third kappa shape index (κ3) is 3.71. The first-order valence-electron chi connectivity index (χ1n) is 8.37. The van der Waals surface area contributed by atoms with Crippen molar-refractivity contribution in [2.24, 2.45) is 0 Å². The van der Waals surface area contributed by atoms with Crippen LogP contribution in [-0.2, 0) is 6.54 Å². The highest BCUT2D eigenvalue weighted by Crippen LogP contribution is 2.16. The predicted molar refractivity (Wildman–Crippen MR) is 85.5 cm³/mol. The number of hydrogen-bond acceptors (Lipinski definition) is 5. The predicted octanol–water partition coefficient (Wildman–Crippen LogP) is 1.65. The Labute approximate surface area is 127 Å². The van der Waals surface area contributed by atoms with Crippen molar-refractivity contribution in [3.63, 3.8) is 0 Å². The molecular weight excluding hydrogens is 262 g/mol. The molecule has 1 aromatic heterocycles. The molecule has 21 heavy (non-hydrogen) atoms. The molecule has 0 aromatic carbocycles. The van der Waals surface area contributed by atoms with Crippen LogP contribution in [0, 0.1) is 0 Å². The van der Waals surface area contributed by atoms with Gasteiger partial charge < -0.3 is 10.2 Å². The summed E-state index contributed by atoms with van der Waals surface area (Å²) >= 11 is 0. The van der Waals surface area contributed by atoms with Gasteiger partial charge in [-0.3, -0.25) is 4.90 Å². The summed E-state index contributed by atoms with van der Waals surface area (Å²) in [5.41, 5.74) is 1.18. The fourth-order valence-electron chi connectivity index (χ4n) is 3.45. The van der Waals surface area contributed by atoms with Gasteiger partial charge in [0.1, 0.15) is 0 Å². The third-order valence-electron chi connectivity index (χ3n) is 4.69. The van der Waals surface area contributed by atoms with Gasteiger partial charge in [0.05, 0.1) is 0 Å². The SMILES string of the molecule is CCN1CCC[C@@H]1CNCc1cnc(N2CCCC2)nc1. The van der Waals surface area contributed by atoms with Gasteiger partial charge >= 0.3 is 0 Å². The summed E-state index contributed by atoms with van der Waals surface area (Å²) in [7, 11) is 0. The van der Waals surface area contributed by atoms with Gasteiger partial charge in [0.15, 0.2) is 0 Å². The summed E-state index contributed by atoms with van der Waals surface area (Å²) < 4.78 is 0. The number of nitrogens with zero attached hydrogens (tertiary/aromatic N) is 4. The lowest BCUT2D eigenvalue weighted by molar-refractivity contribution is 0.260. The van der Waals surface area contributed by atoms with E-state index in [1.54, 1.807) is 0 Å². The highest BCUT2D eigenvalue weighted by atomic mass is 15.3. The van der Waals surface area contributed by atoms with Crippen LogP contribution in [0.15, 0.2) is 12.4 Å². The van der Waals surface area contributed by atoms with Gasteiger partial charge in [0.2, 0.25) is 5.95 Å². The van der Waals surface area contributed by atoms with Crippen molar-refractivity contribution >= 4 is 5.95 Å². The summed E-state index contributed by atoms with van der Waals surface area (Å²) in [6.45, 7) is 8.83. The Bertz CT molecular complexity index is 427. The van der Waals surface area contributed by atoms with E-state index in [1.165, 1.54) is 44.3 Å². The molecule has 5 nitrogen and oxygen atoms in total. The maximum Gasteiger partial charge on any atom is 0.225 e. The van der Waals surface area contributed by atoms with Crippen LogP contribution in [-0.4, -0.2) is 53.6 Å². The Hall–Kier alpha value is -1.20. The summed E-state index contributed by atoms with van der Waals surface area (Å²) in [5, 5.41) is 3.56. The van der Waals surface area contributed by atoms with Gasteiger partial charge in [-0.05, 0) is 38.8 Å². The molecule has 1 atom stereocenters. The van der Waals surface area contributed by atoms with E-state index < -0.39 is 0 Å². The lowest BCUT2D eigenvalue weighted by atomic mass is 10.2. The molecule has 0 saturated carbocycles. The Morgan fingerprint density at radius 2 is 1.90 bits per heavy atom. The van der Waals surface area contributed by atoms with Crippen molar-refractivity contribution in [2.45, 2.75) is 45.2 Å². The summed E-state index contributed by atoms with van der Waals surface area (Å²) in [5.74, 6) is 0.893. The zero-order valence-corrected chi connectivity index (χ0v) is 13.1.